The van der Waals surface area contributed by atoms with E-state index >= 15 is 0 Å². The van der Waals surface area contributed by atoms with Crippen LogP contribution in [0.5, 0.6) is 0 Å². The van der Waals surface area contributed by atoms with Crippen LogP contribution in [0.15, 0.2) is 118 Å². The minimum Gasteiger partial charge on any atom is -0.393 e. The largest absolute Gasteiger partial charge is 0.393 e. The van der Waals surface area contributed by atoms with Crippen molar-refractivity contribution in [2.75, 3.05) is 6.61 Å². The van der Waals surface area contributed by atoms with Crippen molar-refractivity contribution >= 4 is 0 Å². The van der Waals surface area contributed by atoms with Gasteiger partial charge in [0.25, 0.3) is 0 Å². The van der Waals surface area contributed by atoms with E-state index < -0.39 is 0 Å². The lowest BCUT2D eigenvalue weighted by Gasteiger charge is -2.58. The molecule has 12 rings (SSSR count). The fraction of sp³-hybridized carbons (Fsp3) is 0.614. The molecule has 61 heavy (non-hydrogen) atoms. The molecular weight excluding hydrogens is 749 g/mol. The SMILES string of the molecule is OC1C=CC2C(CCC3OC4CCC5=C6C(=CCC5C4C(c4ccc(C5C=CC=CC5)cc4)C32)COC2CCC3CC(O)CCC3=C2C6C2CCC(C3=CC=CCC3)CC2)C1. The van der Waals surface area contributed by atoms with Gasteiger partial charge in [-0.15, -0.1) is 0 Å². The molecule has 0 bridgehead atoms. The molecular formula is C57H70O4. The molecule has 6 fully saturated rings. The third kappa shape index (κ3) is 7.08. The van der Waals surface area contributed by atoms with Crippen molar-refractivity contribution in [3.05, 3.63) is 130 Å². The lowest BCUT2D eigenvalue weighted by atomic mass is 9.52. The van der Waals surface area contributed by atoms with Gasteiger partial charge in [-0.3, -0.25) is 0 Å². The summed E-state index contributed by atoms with van der Waals surface area (Å²) >= 11 is 0. The Kier molecular flexibility index (Phi) is 10.7. The minimum absolute atomic E-state index is 0.158. The lowest BCUT2D eigenvalue weighted by Crippen LogP contribution is -2.56. The van der Waals surface area contributed by atoms with Crippen molar-refractivity contribution < 1.29 is 19.7 Å². The van der Waals surface area contributed by atoms with Crippen LogP contribution in [0.4, 0.5) is 0 Å². The second-order valence-electron chi connectivity index (χ2n) is 21.6. The van der Waals surface area contributed by atoms with Gasteiger partial charge in [-0.05, 0) is 197 Å². The zero-order chi connectivity index (χ0) is 40.6. The maximum atomic E-state index is 11.0. The van der Waals surface area contributed by atoms with Crippen molar-refractivity contribution in [1.29, 1.82) is 0 Å². The number of hydrogen-bond acceptors (Lipinski definition) is 4. The van der Waals surface area contributed by atoms with Crippen LogP contribution in [0.25, 0.3) is 0 Å². The normalized spacial score (nSPS) is 44.0. The van der Waals surface area contributed by atoms with Crippen LogP contribution in [0, 0.1) is 53.3 Å². The highest BCUT2D eigenvalue weighted by Gasteiger charge is 2.57. The topological polar surface area (TPSA) is 58.9 Å². The quantitative estimate of drug-likeness (QED) is 0.297. The molecule has 4 saturated carbocycles. The maximum absolute atomic E-state index is 11.0. The van der Waals surface area contributed by atoms with Gasteiger partial charge < -0.3 is 19.7 Å². The first-order chi connectivity index (χ1) is 30.1. The van der Waals surface area contributed by atoms with Crippen LogP contribution in [-0.4, -0.2) is 47.3 Å². The number of rotatable bonds is 4. The van der Waals surface area contributed by atoms with Crippen molar-refractivity contribution in [2.24, 2.45) is 53.3 Å². The van der Waals surface area contributed by atoms with Gasteiger partial charge in [-0.1, -0.05) is 102 Å². The van der Waals surface area contributed by atoms with Crippen LogP contribution >= 0.6 is 0 Å². The second kappa shape index (κ2) is 16.5. The van der Waals surface area contributed by atoms with Gasteiger partial charge in [0, 0.05) is 11.8 Å². The zero-order valence-corrected chi connectivity index (χ0v) is 36.5. The van der Waals surface area contributed by atoms with E-state index in [-0.39, 0.29) is 30.5 Å². The Labute approximate surface area is 365 Å². The molecule has 2 heterocycles. The summed E-state index contributed by atoms with van der Waals surface area (Å²) in [7, 11) is 0. The molecule has 1 aromatic rings. The molecule has 9 aliphatic carbocycles. The summed E-state index contributed by atoms with van der Waals surface area (Å²) < 4.78 is 14.7. The molecule has 322 valence electrons. The van der Waals surface area contributed by atoms with Gasteiger partial charge in [-0.2, -0.15) is 0 Å². The molecule has 0 aromatic heterocycles. The smallest absolute Gasteiger partial charge is 0.0798 e. The molecule has 14 unspecified atom stereocenters. The third-order valence-corrected chi connectivity index (χ3v) is 18.8. The molecule has 1 aromatic carbocycles. The number of aliphatic hydroxyl groups is 2. The summed E-state index contributed by atoms with van der Waals surface area (Å²) in [4.78, 5) is 0. The first-order valence-electron chi connectivity index (χ1n) is 25.3. The number of fused-ring (bicyclic) bond motifs is 9. The van der Waals surface area contributed by atoms with Gasteiger partial charge in [0.2, 0.25) is 0 Å². The van der Waals surface area contributed by atoms with E-state index in [1.54, 1.807) is 27.9 Å². The number of hydrogen-bond donors (Lipinski definition) is 2. The summed E-state index contributed by atoms with van der Waals surface area (Å²) in [6, 6.07) is 10.0. The first kappa shape index (κ1) is 39.6. The van der Waals surface area contributed by atoms with E-state index in [1.807, 2.05) is 0 Å². The molecule has 4 nitrogen and oxygen atoms in total. The van der Waals surface area contributed by atoms with E-state index in [9.17, 15) is 10.2 Å². The fourth-order valence-electron chi connectivity index (χ4n) is 16.1. The number of benzene rings is 1. The predicted molar refractivity (Wildman–Crippen MR) is 244 cm³/mol. The Bertz CT molecular complexity index is 2080. The molecule has 11 aliphatic rings. The standard InChI is InChI=1S/C57H70O4/c58-43-22-25-45-40(31-43)20-28-49-55(45)53(38-15-11-36(12-16-38)34-7-3-1-4-8-34)52-42(33-60-49)19-24-48-47(52)27-30-51-57(48)54(39-17-13-37(14-18-39)35-9-5-2-6-10-35)56-46-26-23-44(59)32-41(46)21-29-50(56)61-51/h1-3,5-7,9,13-14,17-19,23,26,35-36,38,40-41,43-44,46,48-51,53-54,56-59H,4,8,10-12,15-16,20-22,24-25,27-33H2. The van der Waals surface area contributed by atoms with E-state index in [1.165, 1.54) is 61.6 Å². The molecule has 2 N–H and O–H groups in total. The molecule has 14 atom stereocenters. The zero-order valence-electron chi connectivity index (χ0n) is 36.5. The van der Waals surface area contributed by atoms with Gasteiger partial charge in [0.1, 0.15) is 0 Å². The first-order valence-corrected chi connectivity index (χ1v) is 25.3. The summed E-state index contributed by atoms with van der Waals surface area (Å²) in [6.07, 6.45) is 44.3. The molecule has 0 spiro atoms. The summed E-state index contributed by atoms with van der Waals surface area (Å²) in [6.45, 7) is 0.757. The number of aliphatic hydroxyl groups excluding tert-OH is 2. The Morgan fingerprint density at radius 1 is 0.639 bits per heavy atom. The van der Waals surface area contributed by atoms with Crippen LogP contribution in [-0.2, 0) is 9.47 Å². The van der Waals surface area contributed by atoms with Crippen LogP contribution in [0.2, 0.25) is 0 Å². The van der Waals surface area contributed by atoms with E-state index in [0.29, 0.717) is 59.2 Å². The summed E-state index contributed by atoms with van der Waals surface area (Å²) in [5.74, 6) is 5.52. The highest BCUT2D eigenvalue weighted by molar-refractivity contribution is 5.51. The van der Waals surface area contributed by atoms with Gasteiger partial charge in [0.15, 0.2) is 0 Å². The Morgan fingerprint density at radius 3 is 2.30 bits per heavy atom. The summed E-state index contributed by atoms with van der Waals surface area (Å²) in [5, 5.41) is 21.8. The van der Waals surface area contributed by atoms with Gasteiger partial charge in [-0.25, -0.2) is 0 Å². The van der Waals surface area contributed by atoms with Crippen molar-refractivity contribution in [1.82, 2.24) is 0 Å². The number of ether oxygens (including phenoxy) is 2. The highest BCUT2D eigenvalue weighted by atomic mass is 16.5. The molecule has 2 aliphatic heterocycles. The average molecular weight is 819 g/mol. The maximum Gasteiger partial charge on any atom is 0.0798 e. The summed E-state index contributed by atoms with van der Waals surface area (Å²) in [5.41, 5.74) is 13.1. The average Bonchev–Trinajstić information content (AvgIpc) is 3.48. The van der Waals surface area contributed by atoms with E-state index in [2.05, 4.69) is 85.0 Å². The monoisotopic (exact) mass is 819 g/mol. The predicted octanol–water partition coefficient (Wildman–Crippen LogP) is 12.1. The molecule has 2 saturated heterocycles. The van der Waals surface area contributed by atoms with E-state index in [4.69, 9.17) is 9.47 Å². The molecule has 0 radical (unpaired) electrons. The van der Waals surface area contributed by atoms with Gasteiger partial charge in [0.05, 0.1) is 37.1 Å². The van der Waals surface area contributed by atoms with Crippen LogP contribution in [0.3, 0.4) is 0 Å². The lowest BCUT2D eigenvalue weighted by molar-refractivity contribution is -0.177. The van der Waals surface area contributed by atoms with Crippen molar-refractivity contribution in [3.8, 4) is 0 Å². The van der Waals surface area contributed by atoms with E-state index in [0.717, 1.165) is 83.2 Å². The molecule has 4 heteroatoms. The Balaban J connectivity index is 0.966. The van der Waals surface area contributed by atoms with Crippen molar-refractivity contribution in [3.63, 3.8) is 0 Å². The van der Waals surface area contributed by atoms with Crippen LogP contribution < -0.4 is 0 Å². The third-order valence-electron chi connectivity index (χ3n) is 18.8. The fourth-order valence-corrected chi connectivity index (χ4v) is 16.1. The highest BCUT2D eigenvalue weighted by Crippen LogP contribution is 2.62. The minimum atomic E-state index is -0.315. The Morgan fingerprint density at radius 2 is 1.46 bits per heavy atom. The second-order valence-corrected chi connectivity index (χ2v) is 21.6. The number of allylic oxidation sites excluding steroid dienone is 12. The van der Waals surface area contributed by atoms with Crippen molar-refractivity contribution in [2.45, 2.75) is 158 Å². The molecule has 0 amide bonds. The Hall–Kier alpha value is -3.02. The van der Waals surface area contributed by atoms with Crippen LogP contribution in [0.1, 0.15) is 139 Å². The van der Waals surface area contributed by atoms with Gasteiger partial charge >= 0.3 is 0 Å².